The largest absolute Gasteiger partial charge is 0.456 e. The normalized spacial score (nSPS) is 11.9. The van der Waals surface area contributed by atoms with E-state index in [-0.39, 0.29) is 0 Å². The molecule has 0 aliphatic heterocycles. The predicted octanol–water partition coefficient (Wildman–Crippen LogP) is 14.4. The number of hydrogen-bond acceptors (Lipinski definition) is 2. The van der Waals surface area contributed by atoms with Crippen LogP contribution in [-0.2, 0) is 0 Å². The van der Waals surface area contributed by atoms with E-state index in [4.69, 9.17) is 4.42 Å². The minimum atomic E-state index is 0.863. The lowest BCUT2D eigenvalue weighted by Crippen LogP contribution is -2.10. The van der Waals surface area contributed by atoms with E-state index in [1.54, 1.807) is 0 Å². The second-order valence-corrected chi connectivity index (χ2v) is 14.6. The zero-order valence-electron chi connectivity index (χ0n) is 30.3. The van der Waals surface area contributed by atoms with Gasteiger partial charge < -0.3 is 18.5 Å². The molecule has 3 aromatic heterocycles. The zero-order valence-corrected chi connectivity index (χ0v) is 30.3. The molecule has 12 aromatic rings. The van der Waals surface area contributed by atoms with Gasteiger partial charge in [0.2, 0.25) is 0 Å². The third-order valence-corrected chi connectivity index (χ3v) is 11.5. The maximum atomic E-state index is 6.45. The van der Waals surface area contributed by atoms with E-state index in [2.05, 4.69) is 202 Å². The summed E-state index contributed by atoms with van der Waals surface area (Å²) in [7, 11) is 0. The third-order valence-electron chi connectivity index (χ3n) is 11.5. The number of nitrogens with zero attached hydrogens (tertiary/aromatic N) is 3. The molecular weight excluding hydrogens is 683 g/mol. The van der Waals surface area contributed by atoms with Crippen molar-refractivity contribution in [3.8, 4) is 11.4 Å². The first kappa shape index (κ1) is 30.9. The Balaban J connectivity index is 1.07. The van der Waals surface area contributed by atoms with Crippen molar-refractivity contribution in [2.45, 2.75) is 0 Å². The van der Waals surface area contributed by atoms with Gasteiger partial charge in [-0.05, 0) is 102 Å². The molecule has 9 aromatic carbocycles. The van der Waals surface area contributed by atoms with E-state index in [1.165, 1.54) is 48.9 Å². The molecule has 0 bridgehead atoms. The van der Waals surface area contributed by atoms with Crippen molar-refractivity contribution in [2.24, 2.45) is 0 Å². The highest BCUT2D eigenvalue weighted by Gasteiger charge is 2.20. The van der Waals surface area contributed by atoms with Crippen LogP contribution < -0.4 is 4.90 Å². The number of para-hydroxylation sites is 4. The van der Waals surface area contributed by atoms with Crippen molar-refractivity contribution in [2.75, 3.05) is 4.90 Å². The molecule has 0 N–H and O–H groups in total. The van der Waals surface area contributed by atoms with Crippen LogP contribution in [-0.4, -0.2) is 9.13 Å². The summed E-state index contributed by atoms with van der Waals surface area (Å²) in [4.78, 5) is 2.35. The topological polar surface area (TPSA) is 26.2 Å². The minimum Gasteiger partial charge on any atom is -0.456 e. The first-order valence-corrected chi connectivity index (χ1v) is 19.1. The van der Waals surface area contributed by atoms with Crippen LogP contribution in [0.1, 0.15) is 0 Å². The summed E-state index contributed by atoms with van der Waals surface area (Å²) in [6, 6.07) is 72.1. The van der Waals surface area contributed by atoms with E-state index in [1.807, 2.05) is 12.1 Å². The van der Waals surface area contributed by atoms with Gasteiger partial charge >= 0.3 is 0 Å². The molecule has 12 rings (SSSR count). The Morgan fingerprint density at radius 3 is 1.55 bits per heavy atom. The van der Waals surface area contributed by atoms with Crippen molar-refractivity contribution in [3.63, 3.8) is 0 Å². The van der Waals surface area contributed by atoms with Gasteiger partial charge in [-0.25, -0.2) is 0 Å². The Labute approximate surface area is 322 Å². The SMILES string of the molecule is c1ccc(-n2c3ccccc3c3ccc(N(c4ccc(-n5c6ccccc6c6cc7ccccc7cc65)cc4)c4ccc5c(c4)oc4ccccc45)cc32)cc1. The first-order valence-electron chi connectivity index (χ1n) is 19.1. The number of benzene rings is 9. The van der Waals surface area contributed by atoms with Gasteiger partial charge in [0.25, 0.3) is 0 Å². The highest BCUT2D eigenvalue weighted by molar-refractivity contribution is 6.14. The van der Waals surface area contributed by atoms with E-state index >= 15 is 0 Å². The summed E-state index contributed by atoms with van der Waals surface area (Å²) >= 11 is 0. The lowest BCUT2D eigenvalue weighted by Gasteiger charge is -2.26. The maximum absolute atomic E-state index is 6.45. The fourth-order valence-corrected chi connectivity index (χ4v) is 8.94. The van der Waals surface area contributed by atoms with Crippen LogP contribution >= 0.6 is 0 Å². The fourth-order valence-electron chi connectivity index (χ4n) is 8.94. The van der Waals surface area contributed by atoms with E-state index in [0.717, 1.165) is 55.9 Å². The van der Waals surface area contributed by atoms with Crippen molar-refractivity contribution in [3.05, 3.63) is 200 Å². The van der Waals surface area contributed by atoms with Gasteiger partial charge in [0.15, 0.2) is 0 Å². The number of furan rings is 1. The lowest BCUT2D eigenvalue weighted by molar-refractivity contribution is 0.669. The first-order chi connectivity index (χ1) is 27.8. The van der Waals surface area contributed by atoms with Crippen molar-refractivity contribution in [1.29, 1.82) is 0 Å². The molecule has 3 heterocycles. The molecule has 0 saturated heterocycles. The summed E-state index contributed by atoms with van der Waals surface area (Å²) in [5.74, 6) is 0. The highest BCUT2D eigenvalue weighted by atomic mass is 16.3. The van der Waals surface area contributed by atoms with Crippen molar-refractivity contribution in [1.82, 2.24) is 9.13 Å². The van der Waals surface area contributed by atoms with Crippen molar-refractivity contribution >= 4 is 93.4 Å². The van der Waals surface area contributed by atoms with Crippen LogP contribution in [0, 0.1) is 0 Å². The van der Waals surface area contributed by atoms with Crippen LogP contribution in [0.5, 0.6) is 0 Å². The monoisotopic (exact) mass is 715 g/mol. The van der Waals surface area contributed by atoms with Gasteiger partial charge in [-0.3, -0.25) is 0 Å². The Morgan fingerprint density at radius 1 is 0.304 bits per heavy atom. The van der Waals surface area contributed by atoms with E-state index in [0.29, 0.717) is 0 Å². The third kappa shape index (κ3) is 4.60. The molecule has 0 radical (unpaired) electrons. The number of anilines is 3. The number of rotatable bonds is 5. The van der Waals surface area contributed by atoms with Gasteiger partial charge in [0, 0.05) is 66.8 Å². The summed E-state index contributed by atoms with van der Waals surface area (Å²) < 4.78 is 11.2. The number of hydrogen-bond donors (Lipinski definition) is 0. The smallest absolute Gasteiger partial charge is 0.137 e. The molecule has 0 aliphatic rings. The molecule has 0 saturated carbocycles. The molecule has 262 valence electrons. The molecular formula is C52H33N3O. The van der Waals surface area contributed by atoms with E-state index in [9.17, 15) is 0 Å². The maximum Gasteiger partial charge on any atom is 0.137 e. The molecule has 0 atom stereocenters. The molecule has 4 heteroatoms. The molecule has 56 heavy (non-hydrogen) atoms. The van der Waals surface area contributed by atoms with Crippen LogP contribution in [0.2, 0.25) is 0 Å². The predicted molar refractivity (Wildman–Crippen MR) is 235 cm³/mol. The Morgan fingerprint density at radius 2 is 0.804 bits per heavy atom. The quantitative estimate of drug-likeness (QED) is 0.177. The fraction of sp³-hybridized carbons (Fsp3) is 0. The van der Waals surface area contributed by atoms with Crippen LogP contribution in [0.3, 0.4) is 0 Å². The Bertz CT molecular complexity index is 3480. The average Bonchev–Trinajstić information content (AvgIpc) is 3.90. The zero-order chi connectivity index (χ0) is 36.7. The summed E-state index contributed by atoms with van der Waals surface area (Å²) in [6.45, 7) is 0. The Kier molecular flexibility index (Phi) is 6.60. The van der Waals surface area contributed by atoms with Gasteiger partial charge in [-0.2, -0.15) is 0 Å². The van der Waals surface area contributed by atoms with Crippen molar-refractivity contribution < 1.29 is 4.42 Å². The summed E-state index contributed by atoms with van der Waals surface area (Å²) in [6.07, 6.45) is 0. The summed E-state index contributed by atoms with van der Waals surface area (Å²) in [5, 5.41) is 9.67. The molecule has 0 fully saturated rings. The molecule has 0 unspecified atom stereocenters. The van der Waals surface area contributed by atoms with Gasteiger partial charge in [-0.1, -0.05) is 103 Å². The van der Waals surface area contributed by atoms with Crippen LogP contribution in [0.4, 0.5) is 17.1 Å². The number of aromatic nitrogens is 2. The van der Waals surface area contributed by atoms with Gasteiger partial charge in [0.1, 0.15) is 11.2 Å². The highest BCUT2D eigenvalue weighted by Crippen LogP contribution is 2.42. The molecule has 0 spiro atoms. The second-order valence-electron chi connectivity index (χ2n) is 14.6. The summed E-state index contributed by atoms with van der Waals surface area (Å²) in [5.41, 5.74) is 11.9. The molecule has 0 aliphatic carbocycles. The van der Waals surface area contributed by atoms with Gasteiger partial charge in [-0.15, -0.1) is 0 Å². The lowest BCUT2D eigenvalue weighted by atomic mass is 10.1. The minimum absolute atomic E-state index is 0.863. The van der Waals surface area contributed by atoms with Gasteiger partial charge in [0.05, 0.1) is 22.1 Å². The standard InChI is InChI=1S/C52H33N3O/c1-2-14-36(15-3-1)54-47-19-9-6-16-41(47)43-28-26-39(32-50(43)54)53(40-27-29-45-44-18-8-11-21-51(44)56-52(45)33-40)37-22-24-38(25-23-37)55-48-20-10-7-17-42(48)46-30-34-12-4-5-13-35(34)31-49(46)55/h1-33H. The molecule has 4 nitrogen and oxygen atoms in total. The molecule has 0 amide bonds. The number of fused-ring (bicyclic) bond motifs is 10. The Hall–Kier alpha value is -7.56. The average molecular weight is 716 g/mol. The van der Waals surface area contributed by atoms with Crippen LogP contribution in [0.15, 0.2) is 205 Å². The second kappa shape index (κ2) is 12.0. The van der Waals surface area contributed by atoms with E-state index < -0.39 is 0 Å². The van der Waals surface area contributed by atoms with Crippen LogP contribution in [0.25, 0.3) is 87.7 Å².